The van der Waals surface area contributed by atoms with E-state index in [-0.39, 0.29) is 0 Å². The van der Waals surface area contributed by atoms with Gasteiger partial charge in [0.2, 0.25) is 0 Å². The van der Waals surface area contributed by atoms with E-state index in [1.807, 2.05) is 43.3 Å². The van der Waals surface area contributed by atoms with E-state index in [1.54, 1.807) is 7.11 Å². The van der Waals surface area contributed by atoms with E-state index in [0.29, 0.717) is 12.5 Å². The second-order valence-corrected chi connectivity index (χ2v) is 5.17. The molecule has 2 rings (SSSR count). The van der Waals surface area contributed by atoms with Crippen LogP contribution in [0.25, 0.3) is 0 Å². The van der Waals surface area contributed by atoms with Crippen molar-refractivity contribution in [2.24, 2.45) is 5.92 Å². The molecule has 1 aromatic carbocycles. The first-order valence-corrected chi connectivity index (χ1v) is 6.08. The molecule has 0 radical (unpaired) electrons. The zero-order valence-electron chi connectivity index (χ0n) is 10.8. The van der Waals surface area contributed by atoms with Gasteiger partial charge in [-0.25, -0.2) is 0 Å². The molecule has 0 amide bonds. The van der Waals surface area contributed by atoms with Crippen LogP contribution in [-0.4, -0.2) is 37.8 Å². The van der Waals surface area contributed by atoms with Crippen LogP contribution in [0.4, 0.5) is 0 Å². The Hall–Kier alpha value is -1.06. The number of ether oxygens (including phenoxy) is 1. The Balaban J connectivity index is 2.31. The van der Waals surface area contributed by atoms with Gasteiger partial charge in [-0.1, -0.05) is 12.1 Å². The fourth-order valence-electron chi connectivity index (χ4n) is 2.39. The molecule has 1 aromatic rings. The van der Waals surface area contributed by atoms with Gasteiger partial charge >= 0.3 is 0 Å². The smallest absolute Gasteiger partial charge is 0.119 e. The summed E-state index contributed by atoms with van der Waals surface area (Å²) in [5.41, 5.74) is 0.228. The summed E-state index contributed by atoms with van der Waals surface area (Å²) in [5, 5.41) is 10.9. The molecule has 0 spiro atoms. The zero-order valence-corrected chi connectivity index (χ0v) is 10.8. The van der Waals surface area contributed by atoms with Crippen LogP contribution in [0.3, 0.4) is 0 Å². The molecule has 1 atom stereocenters. The molecule has 1 aliphatic rings. The van der Waals surface area contributed by atoms with E-state index in [1.165, 1.54) is 0 Å². The molecule has 0 saturated heterocycles. The molecule has 0 aliphatic heterocycles. The molecule has 3 heteroatoms. The standard InChI is InChI=1S/C14H21NO2/c1-15(2)10-14(16,11-7-8-11)12-5-4-6-13(9-12)17-3/h4-6,9,11,16H,7-8,10H2,1-3H3. The topological polar surface area (TPSA) is 32.7 Å². The Morgan fingerprint density at radius 1 is 1.41 bits per heavy atom. The highest BCUT2D eigenvalue weighted by molar-refractivity contribution is 5.34. The van der Waals surface area contributed by atoms with Crippen molar-refractivity contribution in [2.45, 2.75) is 18.4 Å². The quantitative estimate of drug-likeness (QED) is 0.845. The molecule has 0 bridgehead atoms. The Morgan fingerprint density at radius 3 is 2.65 bits per heavy atom. The highest BCUT2D eigenvalue weighted by Gasteiger charge is 2.45. The minimum atomic E-state index is -0.738. The van der Waals surface area contributed by atoms with Gasteiger partial charge in [-0.15, -0.1) is 0 Å². The van der Waals surface area contributed by atoms with Crippen molar-refractivity contribution < 1.29 is 9.84 Å². The number of rotatable bonds is 5. The maximum absolute atomic E-state index is 10.9. The van der Waals surface area contributed by atoms with Crippen molar-refractivity contribution in [3.8, 4) is 5.75 Å². The fourth-order valence-corrected chi connectivity index (χ4v) is 2.39. The number of aliphatic hydroxyl groups is 1. The average Bonchev–Trinajstić information content (AvgIpc) is 3.12. The number of hydrogen-bond donors (Lipinski definition) is 1. The third-order valence-electron chi connectivity index (χ3n) is 3.38. The van der Waals surface area contributed by atoms with Gasteiger partial charge in [0.1, 0.15) is 11.4 Å². The Kier molecular flexibility index (Phi) is 3.40. The largest absolute Gasteiger partial charge is 0.497 e. The van der Waals surface area contributed by atoms with Gasteiger partial charge in [0, 0.05) is 6.54 Å². The van der Waals surface area contributed by atoms with Crippen LogP contribution in [0.2, 0.25) is 0 Å². The van der Waals surface area contributed by atoms with E-state index in [2.05, 4.69) is 0 Å². The molecular formula is C14H21NO2. The van der Waals surface area contributed by atoms with Crippen LogP contribution in [0, 0.1) is 5.92 Å². The summed E-state index contributed by atoms with van der Waals surface area (Å²) in [7, 11) is 5.64. The predicted molar refractivity (Wildman–Crippen MR) is 68.2 cm³/mol. The lowest BCUT2D eigenvalue weighted by Gasteiger charge is -2.32. The molecule has 3 nitrogen and oxygen atoms in total. The summed E-state index contributed by atoms with van der Waals surface area (Å²) in [5.74, 6) is 1.19. The van der Waals surface area contributed by atoms with Crippen molar-refractivity contribution in [3.05, 3.63) is 29.8 Å². The maximum atomic E-state index is 10.9. The Bertz CT molecular complexity index is 388. The minimum Gasteiger partial charge on any atom is -0.497 e. The Labute approximate surface area is 103 Å². The Morgan fingerprint density at radius 2 is 2.12 bits per heavy atom. The molecule has 94 valence electrons. The zero-order chi connectivity index (χ0) is 12.5. The predicted octanol–water partition coefficient (Wildman–Crippen LogP) is 1.85. The van der Waals surface area contributed by atoms with E-state index in [9.17, 15) is 5.11 Å². The molecule has 1 saturated carbocycles. The second kappa shape index (κ2) is 4.67. The molecular weight excluding hydrogens is 214 g/mol. The molecule has 1 N–H and O–H groups in total. The molecule has 1 aliphatic carbocycles. The number of nitrogens with zero attached hydrogens (tertiary/aromatic N) is 1. The van der Waals surface area contributed by atoms with Crippen molar-refractivity contribution in [2.75, 3.05) is 27.7 Å². The van der Waals surface area contributed by atoms with Gasteiger partial charge in [0.05, 0.1) is 7.11 Å². The summed E-state index contributed by atoms with van der Waals surface area (Å²) in [6.07, 6.45) is 2.23. The van der Waals surface area contributed by atoms with Gasteiger partial charge in [0.25, 0.3) is 0 Å². The summed E-state index contributed by atoms with van der Waals surface area (Å²) < 4.78 is 5.23. The molecule has 1 fully saturated rings. The van der Waals surface area contributed by atoms with Crippen molar-refractivity contribution in [1.29, 1.82) is 0 Å². The SMILES string of the molecule is COc1cccc(C(O)(CN(C)C)C2CC2)c1. The average molecular weight is 235 g/mol. The highest BCUT2D eigenvalue weighted by Crippen LogP contribution is 2.46. The van der Waals surface area contributed by atoms with Crippen molar-refractivity contribution >= 4 is 0 Å². The first-order valence-electron chi connectivity index (χ1n) is 6.08. The van der Waals surface area contributed by atoms with Crippen LogP contribution >= 0.6 is 0 Å². The van der Waals surface area contributed by atoms with Crippen LogP contribution in [0.15, 0.2) is 24.3 Å². The molecule has 17 heavy (non-hydrogen) atoms. The van der Waals surface area contributed by atoms with Crippen LogP contribution < -0.4 is 4.74 Å². The van der Waals surface area contributed by atoms with Crippen molar-refractivity contribution in [1.82, 2.24) is 4.90 Å². The van der Waals surface area contributed by atoms with E-state index in [4.69, 9.17) is 4.74 Å². The lowest BCUT2D eigenvalue weighted by atomic mass is 9.88. The summed E-state index contributed by atoms with van der Waals surface area (Å²) in [6.45, 7) is 0.658. The van der Waals surface area contributed by atoms with E-state index in [0.717, 1.165) is 24.2 Å². The summed E-state index contributed by atoms with van der Waals surface area (Å²) in [6, 6.07) is 7.79. The van der Waals surface area contributed by atoms with E-state index < -0.39 is 5.60 Å². The lowest BCUT2D eigenvalue weighted by molar-refractivity contribution is -0.0101. The van der Waals surface area contributed by atoms with Gasteiger partial charge in [-0.2, -0.15) is 0 Å². The van der Waals surface area contributed by atoms with Crippen LogP contribution in [0.5, 0.6) is 5.75 Å². The van der Waals surface area contributed by atoms with E-state index >= 15 is 0 Å². The summed E-state index contributed by atoms with van der Waals surface area (Å²) in [4.78, 5) is 2.04. The number of hydrogen-bond acceptors (Lipinski definition) is 3. The lowest BCUT2D eigenvalue weighted by Crippen LogP contribution is -2.39. The van der Waals surface area contributed by atoms with Crippen LogP contribution in [-0.2, 0) is 5.60 Å². The number of methoxy groups -OCH3 is 1. The van der Waals surface area contributed by atoms with Gasteiger partial charge in [0.15, 0.2) is 0 Å². The van der Waals surface area contributed by atoms with Crippen molar-refractivity contribution in [3.63, 3.8) is 0 Å². The fraction of sp³-hybridized carbons (Fsp3) is 0.571. The third kappa shape index (κ3) is 2.61. The number of benzene rings is 1. The maximum Gasteiger partial charge on any atom is 0.119 e. The van der Waals surface area contributed by atoms with Gasteiger partial charge < -0.3 is 14.7 Å². The minimum absolute atomic E-state index is 0.386. The highest BCUT2D eigenvalue weighted by atomic mass is 16.5. The molecule has 1 unspecified atom stereocenters. The normalized spacial score (nSPS) is 19.1. The number of likely N-dealkylation sites (N-methyl/N-ethyl adjacent to an activating group) is 1. The first-order chi connectivity index (χ1) is 8.06. The first kappa shape index (κ1) is 12.4. The van der Waals surface area contributed by atoms with Crippen LogP contribution in [0.1, 0.15) is 18.4 Å². The summed E-state index contributed by atoms with van der Waals surface area (Å²) >= 11 is 0. The third-order valence-corrected chi connectivity index (χ3v) is 3.38. The molecule has 0 aromatic heterocycles. The molecule has 0 heterocycles. The van der Waals surface area contributed by atoms with Gasteiger partial charge in [-0.05, 0) is 50.6 Å². The monoisotopic (exact) mass is 235 g/mol. The van der Waals surface area contributed by atoms with Gasteiger partial charge in [-0.3, -0.25) is 0 Å². The second-order valence-electron chi connectivity index (χ2n) is 5.17.